The summed E-state index contributed by atoms with van der Waals surface area (Å²) >= 11 is 0. The molecular weight excluding hydrogens is 487 g/mol. The van der Waals surface area contributed by atoms with Crippen LogP contribution in [0.3, 0.4) is 0 Å². The van der Waals surface area contributed by atoms with Crippen molar-refractivity contribution in [2.45, 2.75) is 59.7 Å². The monoisotopic (exact) mass is 526 g/mol. The molecule has 1 aromatic heterocycles. The summed E-state index contributed by atoms with van der Waals surface area (Å²) in [5.74, 6) is 0.874. The second-order valence-corrected chi connectivity index (χ2v) is 7.99. The van der Waals surface area contributed by atoms with Crippen molar-refractivity contribution in [3.05, 3.63) is 52.8 Å². The number of aromatic nitrogens is 2. The van der Waals surface area contributed by atoms with Crippen LogP contribution in [0.4, 0.5) is 0 Å². The molecule has 0 aliphatic carbocycles. The molecule has 1 aromatic carbocycles. The Morgan fingerprint density at radius 1 is 1.20 bits per heavy atom. The van der Waals surface area contributed by atoms with Crippen molar-refractivity contribution in [1.29, 1.82) is 0 Å². The minimum atomic E-state index is 0. The van der Waals surface area contributed by atoms with Gasteiger partial charge in [0.25, 0.3) is 0 Å². The van der Waals surface area contributed by atoms with Crippen LogP contribution in [0.2, 0.25) is 0 Å². The topological polar surface area (TPSA) is 57.5 Å². The van der Waals surface area contributed by atoms with E-state index < -0.39 is 0 Å². The fraction of sp³-hybridized carbons (Fsp3) is 0.565. The van der Waals surface area contributed by atoms with Gasteiger partial charge in [0.05, 0.1) is 12.2 Å². The molecule has 0 amide bonds. The maximum atomic E-state index is 4.84. The first-order valence-corrected chi connectivity index (χ1v) is 10.6. The largest absolute Gasteiger partial charge is 0.357 e. The molecule has 0 aliphatic heterocycles. The molecule has 0 spiro atoms. The van der Waals surface area contributed by atoms with Gasteiger partial charge in [-0.3, -0.25) is 14.6 Å². The lowest BCUT2D eigenvalue weighted by Crippen LogP contribution is -2.44. The number of aliphatic imine (C=N–C) groups is 1. The molecule has 1 heterocycles. The summed E-state index contributed by atoms with van der Waals surface area (Å²) < 4.78 is 1.96. The third-order valence-corrected chi connectivity index (χ3v) is 5.44. The second-order valence-electron chi connectivity index (χ2n) is 7.99. The van der Waals surface area contributed by atoms with E-state index in [1.807, 2.05) is 11.7 Å². The Balaban J connectivity index is 0.00000450. The number of nitrogens with zero attached hydrogens (tertiary/aromatic N) is 4. The summed E-state index contributed by atoms with van der Waals surface area (Å²) in [6.07, 6.45) is 0.930. The van der Waals surface area contributed by atoms with Gasteiger partial charge in [-0.05, 0) is 59.2 Å². The quantitative estimate of drug-likeness (QED) is 0.298. The Kier molecular flexibility index (Phi) is 11.4. The number of benzene rings is 1. The van der Waals surface area contributed by atoms with Gasteiger partial charge in [-0.2, -0.15) is 5.10 Å². The SMILES string of the molecule is CCNC(=NCC(C)N(C)Cc1ccccc1)NC(C)Cc1c(C)nn(C)c1C.I. The number of hydrogen-bond donors (Lipinski definition) is 2. The van der Waals surface area contributed by atoms with E-state index in [0.717, 1.165) is 37.7 Å². The smallest absolute Gasteiger partial charge is 0.191 e. The number of nitrogens with one attached hydrogen (secondary N) is 2. The van der Waals surface area contributed by atoms with Crippen molar-refractivity contribution in [1.82, 2.24) is 25.3 Å². The second kappa shape index (κ2) is 12.9. The molecule has 0 aliphatic rings. The summed E-state index contributed by atoms with van der Waals surface area (Å²) in [7, 11) is 4.16. The number of guanidine groups is 1. The third kappa shape index (κ3) is 7.91. The van der Waals surface area contributed by atoms with Gasteiger partial charge in [0.15, 0.2) is 5.96 Å². The van der Waals surface area contributed by atoms with Gasteiger partial charge in [0, 0.05) is 37.9 Å². The van der Waals surface area contributed by atoms with Crippen LogP contribution in [0.15, 0.2) is 35.3 Å². The summed E-state index contributed by atoms with van der Waals surface area (Å²) in [6.45, 7) is 13.3. The molecule has 2 aromatic rings. The molecule has 6 nitrogen and oxygen atoms in total. The van der Waals surface area contributed by atoms with E-state index >= 15 is 0 Å². The van der Waals surface area contributed by atoms with E-state index in [1.165, 1.54) is 16.8 Å². The van der Waals surface area contributed by atoms with Crippen molar-refractivity contribution in [3.8, 4) is 0 Å². The number of hydrogen-bond acceptors (Lipinski definition) is 3. The summed E-state index contributed by atoms with van der Waals surface area (Å²) in [5, 5.41) is 11.5. The molecule has 0 saturated heterocycles. The molecule has 2 unspecified atom stereocenters. The first-order chi connectivity index (χ1) is 13.8. The van der Waals surface area contributed by atoms with Crippen LogP contribution >= 0.6 is 24.0 Å². The lowest BCUT2D eigenvalue weighted by Gasteiger charge is -2.24. The highest BCUT2D eigenvalue weighted by Crippen LogP contribution is 2.14. The van der Waals surface area contributed by atoms with Crippen LogP contribution < -0.4 is 10.6 Å². The van der Waals surface area contributed by atoms with Crippen molar-refractivity contribution in [2.24, 2.45) is 12.0 Å². The molecule has 0 fully saturated rings. The summed E-state index contributed by atoms with van der Waals surface area (Å²) in [4.78, 5) is 7.18. The number of rotatable bonds is 9. The Morgan fingerprint density at radius 3 is 2.43 bits per heavy atom. The Hall–Kier alpha value is -1.61. The fourth-order valence-electron chi connectivity index (χ4n) is 3.41. The molecule has 2 N–H and O–H groups in total. The minimum absolute atomic E-state index is 0. The van der Waals surface area contributed by atoms with Crippen LogP contribution in [0.25, 0.3) is 0 Å². The zero-order chi connectivity index (χ0) is 21.4. The Bertz CT molecular complexity index is 786. The normalized spacial score (nSPS) is 13.7. The molecule has 0 radical (unpaired) electrons. The fourth-order valence-corrected chi connectivity index (χ4v) is 3.41. The zero-order valence-electron chi connectivity index (χ0n) is 19.6. The summed E-state index contributed by atoms with van der Waals surface area (Å²) in [5.41, 5.74) is 4.98. The van der Waals surface area contributed by atoms with Gasteiger partial charge >= 0.3 is 0 Å². The highest BCUT2D eigenvalue weighted by molar-refractivity contribution is 14.0. The number of likely N-dealkylation sites (N-methyl/N-ethyl adjacent to an activating group) is 1. The first kappa shape index (κ1) is 26.4. The van der Waals surface area contributed by atoms with Gasteiger partial charge in [-0.15, -0.1) is 24.0 Å². The van der Waals surface area contributed by atoms with E-state index in [0.29, 0.717) is 6.04 Å². The minimum Gasteiger partial charge on any atom is -0.357 e. The molecule has 2 atom stereocenters. The molecule has 2 rings (SSSR count). The predicted molar refractivity (Wildman–Crippen MR) is 138 cm³/mol. The molecule has 168 valence electrons. The molecule has 30 heavy (non-hydrogen) atoms. The molecule has 7 heteroatoms. The number of aryl methyl sites for hydroxylation is 2. The predicted octanol–water partition coefficient (Wildman–Crippen LogP) is 3.66. The summed E-state index contributed by atoms with van der Waals surface area (Å²) in [6, 6.07) is 11.2. The van der Waals surface area contributed by atoms with Crippen LogP contribution in [-0.4, -0.2) is 52.9 Å². The Labute approximate surface area is 199 Å². The highest BCUT2D eigenvalue weighted by atomic mass is 127. The maximum Gasteiger partial charge on any atom is 0.191 e. The molecule has 0 saturated carbocycles. The van der Waals surface area contributed by atoms with Crippen molar-refractivity contribution < 1.29 is 0 Å². The zero-order valence-corrected chi connectivity index (χ0v) is 21.9. The van der Waals surface area contributed by atoms with Crippen molar-refractivity contribution in [3.63, 3.8) is 0 Å². The van der Waals surface area contributed by atoms with E-state index in [-0.39, 0.29) is 30.0 Å². The van der Waals surface area contributed by atoms with Crippen LogP contribution in [-0.2, 0) is 20.0 Å². The van der Waals surface area contributed by atoms with Gasteiger partial charge in [0.2, 0.25) is 0 Å². The van der Waals surface area contributed by atoms with E-state index in [4.69, 9.17) is 4.99 Å². The lowest BCUT2D eigenvalue weighted by atomic mass is 10.1. The van der Waals surface area contributed by atoms with Crippen molar-refractivity contribution >= 4 is 29.9 Å². The van der Waals surface area contributed by atoms with Crippen LogP contribution in [0.1, 0.15) is 43.3 Å². The molecule has 0 bridgehead atoms. The van der Waals surface area contributed by atoms with Crippen LogP contribution in [0, 0.1) is 13.8 Å². The van der Waals surface area contributed by atoms with E-state index in [1.54, 1.807) is 0 Å². The Morgan fingerprint density at radius 2 is 1.87 bits per heavy atom. The third-order valence-electron chi connectivity index (χ3n) is 5.44. The van der Waals surface area contributed by atoms with Gasteiger partial charge < -0.3 is 10.6 Å². The van der Waals surface area contributed by atoms with Gasteiger partial charge in [0.1, 0.15) is 0 Å². The highest BCUT2D eigenvalue weighted by Gasteiger charge is 2.15. The molecular formula is C23H39IN6. The maximum absolute atomic E-state index is 4.84. The number of halogens is 1. The van der Waals surface area contributed by atoms with Crippen molar-refractivity contribution in [2.75, 3.05) is 20.1 Å². The van der Waals surface area contributed by atoms with E-state index in [9.17, 15) is 0 Å². The van der Waals surface area contributed by atoms with Gasteiger partial charge in [-0.1, -0.05) is 30.3 Å². The van der Waals surface area contributed by atoms with Crippen LogP contribution in [0.5, 0.6) is 0 Å². The standard InChI is InChI=1S/C23H38N6.HI/c1-8-24-23(26-17(2)14-22-19(4)27-29(7)20(22)5)25-15-18(3)28(6)16-21-12-10-9-11-13-21;/h9-13,17-18H,8,14-16H2,1-7H3,(H2,24,25,26);1H. The average molecular weight is 527 g/mol. The average Bonchev–Trinajstić information content (AvgIpc) is 2.92. The van der Waals surface area contributed by atoms with Gasteiger partial charge in [-0.25, -0.2) is 0 Å². The first-order valence-electron chi connectivity index (χ1n) is 10.6. The van der Waals surface area contributed by atoms with E-state index in [2.05, 4.69) is 92.6 Å². The lowest BCUT2D eigenvalue weighted by molar-refractivity contribution is 0.255.